The number of carbonyl (C=O) groups excluding carboxylic acids is 1. The van der Waals surface area contributed by atoms with E-state index in [1.807, 2.05) is 31.2 Å². The summed E-state index contributed by atoms with van der Waals surface area (Å²) in [6.07, 6.45) is 2.05. The van der Waals surface area contributed by atoms with Crippen molar-refractivity contribution in [2.75, 3.05) is 6.61 Å². The molecule has 0 aromatic heterocycles. The maximum Gasteiger partial charge on any atom is 0.220 e. The molecule has 1 heterocycles. The first-order valence-corrected chi connectivity index (χ1v) is 6.87. The van der Waals surface area contributed by atoms with Gasteiger partial charge in [0.1, 0.15) is 12.7 Å². The summed E-state index contributed by atoms with van der Waals surface area (Å²) in [5, 5.41) is 2.95. The number of carbonyl (C=O) groups is 1. The second-order valence-electron chi connectivity index (χ2n) is 4.91. The van der Waals surface area contributed by atoms with Crippen LogP contribution in [0, 0.1) is 0 Å². The molecule has 19 heavy (non-hydrogen) atoms. The van der Waals surface area contributed by atoms with E-state index in [0.29, 0.717) is 19.4 Å². The number of amides is 1. The van der Waals surface area contributed by atoms with Crippen LogP contribution in [0.4, 0.5) is 0 Å². The molecule has 0 bridgehead atoms. The van der Waals surface area contributed by atoms with Gasteiger partial charge >= 0.3 is 0 Å². The Morgan fingerprint density at radius 3 is 2.89 bits per heavy atom. The molecule has 0 saturated heterocycles. The van der Waals surface area contributed by atoms with Crippen molar-refractivity contribution in [1.82, 2.24) is 5.32 Å². The van der Waals surface area contributed by atoms with Gasteiger partial charge in [-0.2, -0.15) is 0 Å². The fraction of sp³-hybridized carbons (Fsp3) is 0.533. The van der Waals surface area contributed by atoms with Crippen LogP contribution in [0.2, 0.25) is 0 Å². The van der Waals surface area contributed by atoms with Crippen LogP contribution in [0.3, 0.4) is 0 Å². The Labute approximate surface area is 114 Å². The molecule has 104 valence electrons. The summed E-state index contributed by atoms with van der Waals surface area (Å²) in [6.45, 7) is 4.57. The first-order valence-electron chi connectivity index (χ1n) is 6.87. The zero-order valence-corrected chi connectivity index (χ0v) is 11.5. The number of nitrogens with one attached hydrogen (secondary N) is 1. The van der Waals surface area contributed by atoms with Gasteiger partial charge < -0.3 is 14.8 Å². The summed E-state index contributed by atoms with van der Waals surface area (Å²) < 4.78 is 11.4. The minimum Gasteiger partial charge on any atom is -0.486 e. The largest absolute Gasteiger partial charge is 0.486 e. The summed E-state index contributed by atoms with van der Waals surface area (Å²) in [5.41, 5.74) is 0. The molecule has 2 rings (SSSR count). The maximum absolute atomic E-state index is 11.7. The normalized spacial score (nSPS) is 18.7. The summed E-state index contributed by atoms with van der Waals surface area (Å²) in [5.74, 6) is 1.63. The van der Waals surface area contributed by atoms with Crippen molar-refractivity contribution in [3.63, 3.8) is 0 Å². The molecule has 4 nitrogen and oxygen atoms in total. The van der Waals surface area contributed by atoms with Crippen LogP contribution in [0.25, 0.3) is 0 Å². The predicted octanol–water partition coefficient (Wildman–Crippen LogP) is 2.52. The second-order valence-corrected chi connectivity index (χ2v) is 4.91. The highest BCUT2D eigenvalue weighted by molar-refractivity contribution is 5.76. The third-order valence-electron chi connectivity index (χ3n) is 3.28. The topological polar surface area (TPSA) is 47.6 Å². The van der Waals surface area contributed by atoms with Gasteiger partial charge in [0.05, 0.1) is 0 Å². The molecular formula is C15H21NO3. The summed E-state index contributed by atoms with van der Waals surface area (Å²) in [6, 6.07) is 7.85. The van der Waals surface area contributed by atoms with Crippen molar-refractivity contribution in [3.05, 3.63) is 24.3 Å². The van der Waals surface area contributed by atoms with Gasteiger partial charge in [-0.05, 0) is 31.9 Å². The van der Waals surface area contributed by atoms with Crippen molar-refractivity contribution in [1.29, 1.82) is 0 Å². The molecule has 1 N–H and O–H groups in total. The lowest BCUT2D eigenvalue weighted by molar-refractivity contribution is -0.122. The lowest BCUT2D eigenvalue weighted by atomic mass is 10.1. The molecule has 1 aliphatic heterocycles. The van der Waals surface area contributed by atoms with Gasteiger partial charge in [0, 0.05) is 12.5 Å². The van der Waals surface area contributed by atoms with Crippen molar-refractivity contribution in [3.8, 4) is 11.5 Å². The molecule has 1 aromatic carbocycles. The highest BCUT2D eigenvalue weighted by atomic mass is 16.6. The van der Waals surface area contributed by atoms with Crippen LogP contribution in [-0.2, 0) is 4.79 Å². The number of para-hydroxylation sites is 2. The number of benzene rings is 1. The first-order chi connectivity index (χ1) is 9.19. The Morgan fingerprint density at radius 1 is 1.42 bits per heavy atom. The van der Waals surface area contributed by atoms with Crippen molar-refractivity contribution in [2.45, 2.75) is 45.3 Å². The average Bonchev–Trinajstić information content (AvgIpc) is 2.44. The Kier molecular flexibility index (Phi) is 4.66. The molecular weight excluding hydrogens is 242 g/mol. The average molecular weight is 263 g/mol. The summed E-state index contributed by atoms with van der Waals surface area (Å²) in [4.78, 5) is 11.7. The predicted molar refractivity (Wildman–Crippen MR) is 73.5 cm³/mol. The Bertz CT molecular complexity index is 433. The first kappa shape index (κ1) is 13.7. The van der Waals surface area contributed by atoms with Gasteiger partial charge in [0.15, 0.2) is 11.5 Å². The number of rotatable bonds is 5. The van der Waals surface area contributed by atoms with E-state index < -0.39 is 0 Å². The van der Waals surface area contributed by atoms with Crippen LogP contribution in [0.5, 0.6) is 11.5 Å². The second kappa shape index (κ2) is 6.45. The van der Waals surface area contributed by atoms with Gasteiger partial charge in [0.2, 0.25) is 5.91 Å². The third kappa shape index (κ3) is 3.88. The Balaban J connectivity index is 1.78. The van der Waals surface area contributed by atoms with Crippen molar-refractivity contribution >= 4 is 5.91 Å². The SMILES string of the molecule is CCC(C)NC(=O)CCC1COc2ccccc2O1. The number of hydrogen-bond acceptors (Lipinski definition) is 3. The van der Waals surface area contributed by atoms with E-state index in [9.17, 15) is 4.79 Å². The highest BCUT2D eigenvalue weighted by Gasteiger charge is 2.21. The molecule has 0 radical (unpaired) electrons. The zero-order valence-electron chi connectivity index (χ0n) is 11.5. The molecule has 2 atom stereocenters. The molecule has 0 spiro atoms. The molecule has 1 amide bonds. The van der Waals surface area contributed by atoms with Gasteiger partial charge in [0.25, 0.3) is 0 Å². The number of fused-ring (bicyclic) bond motifs is 1. The van der Waals surface area contributed by atoms with Crippen LogP contribution in [0.15, 0.2) is 24.3 Å². The van der Waals surface area contributed by atoms with Crippen LogP contribution in [-0.4, -0.2) is 24.7 Å². The van der Waals surface area contributed by atoms with E-state index in [1.54, 1.807) is 0 Å². The van der Waals surface area contributed by atoms with Gasteiger partial charge in [-0.15, -0.1) is 0 Å². The highest BCUT2D eigenvalue weighted by Crippen LogP contribution is 2.31. The summed E-state index contributed by atoms with van der Waals surface area (Å²) in [7, 11) is 0. The molecule has 4 heteroatoms. The monoisotopic (exact) mass is 263 g/mol. The summed E-state index contributed by atoms with van der Waals surface area (Å²) >= 11 is 0. The number of ether oxygens (including phenoxy) is 2. The van der Waals surface area contributed by atoms with E-state index in [0.717, 1.165) is 17.9 Å². The molecule has 1 aliphatic rings. The minimum atomic E-state index is -0.0439. The van der Waals surface area contributed by atoms with Crippen molar-refractivity contribution < 1.29 is 14.3 Å². The fourth-order valence-corrected chi connectivity index (χ4v) is 1.95. The quantitative estimate of drug-likeness (QED) is 0.888. The Morgan fingerprint density at radius 2 is 2.16 bits per heavy atom. The van der Waals surface area contributed by atoms with Gasteiger partial charge in [-0.1, -0.05) is 19.1 Å². The van der Waals surface area contributed by atoms with Crippen LogP contribution >= 0.6 is 0 Å². The van der Waals surface area contributed by atoms with E-state index in [4.69, 9.17) is 9.47 Å². The molecule has 0 aliphatic carbocycles. The lowest BCUT2D eigenvalue weighted by Crippen LogP contribution is -2.34. The molecule has 0 fully saturated rings. The fourth-order valence-electron chi connectivity index (χ4n) is 1.95. The molecule has 1 aromatic rings. The van der Waals surface area contributed by atoms with Crippen LogP contribution in [0.1, 0.15) is 33.1 Å². The van der Waals surface area contributed by atoms with Gasteiger partial charge in [-0.25, -0.2) is 0 Å². The van der Waals surface area contributed by atoms with E-state index >= 15 is 0 Å². The Hall–Kier alpha value is -1.71. The molecule has 2 unspecified atom stereocenters. The van der Waals surface area contributed by atoms with Crippen molar-refractivity contribution in [2.24, 2.45) is 0 Å². The maximum atomic E-state index is 11.7. The zero-order chi connectivity index (χ0) is 13.7. The third-order valence-corrected chi connectivity index (χ3v) is 3.28. The van der Waals surface area contributed by atoms with Crippen LogP contribution < -0.4 is 14.8 Å². The lowest BCUT2D eigenvalue weighted by Gasteiger charge is -2.26. The standard InChI is InChI=1S/C15H21NO3/c1-3-11(2)16-15(17)9-8-12-10-18-13-6-4-5-7-14(13)19-12/h4-7,11-12H,3,8-10H2,1-2H3,(H,16,17). The number of hydrogen-bond donors (Lipinski definition) is 1. The van der Waals surface area contributed by atoms with E-state index in [-0.39, 0.29) is 18.1 Å². The van der Waals surface area contributed by atoms with Gasteiger partial charge in [-0.3, -0.25) is 4.79 Å². The molecule has 0 saturated carbocycles. The minimum absolute atomic E-state index is 0.0439. The smallest absolute Gasteiger partial charge is 0.220 e. The van der Waals surface area contributed by atoms with E-state index in [1.165, 1.54) is 0 Å². The van der Waals surface area contributed by atoms with E-state index in [2.05, 4.69) is 12.2 Å².